The van der Waals surface area contributed by atoms with Gasteiger partial charge >= 0.3 is 12.3 Å². The van der Waals surface area contributed by atoms with Gasteiger partial charge in [0.15, 0.2) is 0 Å². The number of likely N-dealkylation sites (tertiary alicyclic amines) is 1. The zero-order valence-corrected chi connectivity index (χ0v) is 17.3. The number of carbonyl (C=O) groups excluding carboxylic acids is 2. The van der Waals surface area contributed by atoms with Gasteiger partial charge in [-0.15, -0.1) is 0 Å². The first kappa shape index (κ1) is 22.1. The van der Waals surface area contributed by atoms with Crippen molar-refractivity contribution in [1.29, 1.82) is 0 Å². The normalized spacial score (nSPS) is 20.5. The van der Waals surface area contributed by atoms with Gasteiger partial charge in [0.25, 0.3) is 0 Å². The van der Waals surface area contributed by atoms with Crippen LogP contribution in [0.15, 0.2) is 12.4 Å². The fourth-order valence-corrected chi connectivity index (χ4v) is 3.47. The van der Waals surface area contributed by atoms with Crippen LogP contribution in [0.2, 0.25) is 0 Å². The predicted octanol–water partition coefficient (Wildman–Crippen LogP) is 2.40. The van der Waals surface area contributed by atoms with E-state index in [1.165, 1.54) is 0 Å². The zero-order valence-electron chi connectivity index (χ0n) is 17.3. The molecule has 0 bridgehead atoms. The number of aromatic nitrogens is 2. The Morgan fingerprint density at radius 3 is 2.13 bits per heavy atom. The molecule has 0 aliphatic carbocycles. The summed E-state index contributed by atoms with van der Waals surface area (Å²) in [5.41, 5.74) is -1.48. The van der Waals surface area contributed by atoms with E-state index < -0.39 is 23.4 Å². The van der Waals surface area contributed by atoms with Gasteiger partial charge in [0.1, 0.15) is 5.60 Å². The maximum absolute atomic E-state index is 12.8. The van der Waals surface area contributed by atoms with E-state index in [9.17, 15) is 22.8 Å². The van der Waals surface area contributed by atoms with E-state index >= 15 is 0 Å². The molecule has 166 valence electrons. The molecular weight excluding hydrogens is 403 g/mol. The van der Waals surface area contributed by atoms with Crippen molar-refractivity contribution in [2.24, 2.45) is 5.92 Å². The Balaban J connectivity index is 1.50. The Morgan fingerprint density at radius 1 is 1.00 bits per heavy atom. The molecule has 11 heteroatoms. The number of anilines is 1. The Kier molecular flexibility index (Phi) is 6.09. The van der Waals surface area contributed by atoms with Crippen LogP contribution in [0.1, 0.15) is 32.8 Å². The summed E-state index contributed by atoms with van der Waals surface area (Å²) < 4.78 is 43.3. The number of ether oxygens (including phenoxy) is 1. The number of piperazine rings is 1. The fraction of sp³-hybridized carbons (Fsp3) is 0.684. The van der Waals surface area contributed by atoms with E-state index in [2.05, 4.69) is 9.97 Å². The van der Waals surface area contributed by atoms with Crippen LogP contribution in [0.5, 0.6) is 0 Å². The van der Waals surface area contributed by atoms with Crippen LogP contribution in [0.3, 0.4) is 0 Å². The van der Waals surface area contributed by atoms with Crippen LogP contribution in [0.4, 0.5) is 23.9 Å². The van der Waals surface area contributed by atoms with Crippen molar-refractivity contribution in [3.63, 3.8) is 0 Å². The quantitative estimate of drug-likeness (QED) is 0.719. The monoisotopic (exact) mass is 429 g/mol. The second-order valence-electron chi connectivity index (χ2n) is 8.49. The van der Waals surface area contributed by atoms with Crippen LogP contribution in [-0.2, 0) is 15.7 Å². The van der Waals surface area contributed by atoms with Crippen LogP contribution < -0.4 is 4.90 Å². The summed E-state index contributed by atoms with van der Waals surface area (Å²) in [7, 11) is 0. The maximum atomic E-state index is 12.8. The van der Waals surface area contributed by atoms with E-state index in [-0.39, 0.29) is 17.8 Å². The van der Waals surface area contributed by atoms with Crippen molar-refractivity contribution in [3.05, 3.63) is 18.0 Å². The third kappa shape index (κ3) is 5.31. The van der Waals surface area contributed by atoms with Crippen molar-refractivity contribution in [2.75, 3.05) is 44.2 Å². The number of hydrogen-bond acceptors (Lipinski definition) is 6. The first-order chi connectivity index (χ1) is 13.9. The minimum atomic E-state index is -4.47. The molecule has 2 amide bonds. The van der Waals surface area contributed by atoms with E-state index in [1.807, 2.05) is 0 Å². The lowest BCUT2D eigenvalue weighted by Crippen LogP contribution is -2.51. The molecule has 3 heterocycles. The van der Waals surface area contributed by atoms with Gasteiger partial charge in [0, 0.05) is 51.7 Å². The van der Waals surface area contributed by atoms with Gasteiger partial charge in [0.05, 0.1) is 11.5 Å². The highest BCUT2D eigenvalue weighted by Crippen LogP contribution is 2.28. The van der Waals surface area contributed by atoms with Crippen molar-refractivity contribution < 1.29 is 27.5 Å². The standard InChI is InChI=1S/C19H26F3N5O3/c1-18(2,3)30-17(29)27-5-4-13(12-27)15(28)25-6-8-26(9-7-25)16-23-10-14(11-24-16)19(20,21)22/h10-11,13H,4-9,12H2,1-3H3. The molecule has 0 aromatic carbocycles. The molecule has 2 aliphatic heterocycles. The molecule has 2 aliphatic rings. The molecule has 8 nitrogen and oxygen atoms in total. The summed E-state index contributed by atoms with van der Waals surface area (Å²) in [4.78, 5) is 37.7. The van der Waals surface area contributed by atoms with Crippen molar-refractivity contribution in [1.82, 2.24) is 19.8 Å². The molecule has 1 aromatic rings. The molecule has 1 unspecified atom stereocenters. The van der Waals surface area contributed by atoms with Crippen molar-refractivity contribution in [3.8, 4) is 0 Å². The maximum Gasteiger partial charge on any atom is 0.419 e. The molecule has 1 atom stereocenters. The number of carbonyl (C=O) groups is 2. The molecule has 3 rings (SSSR count). The fourth-order valence-electron chi connectivity index (χ4n) is 3.47. The first-order valence-electron chi connectivity index (χ1n) is 9.85. The first-order valence-corrected chi connectivity index (χ1v) is 9.85. The van der Waals surface area contributed by atoms with Crippen molar-refractivity contribution >= 4 is 17.9 Å². The molecule has 30 heavy (non-hydrogen) atoms. The van der Waals surface area contributed by atoms with Gasteiger partial charge in [-0.3, -0.25) is 4.79 Å². The predicted molar refractivity (Wildman–Crippen MR) is 102 cm³/mol. The number of nitrogens with zero attached hydrogens (tertiary/aromatic N) is 5. The smallest absolute Gasteiger partial charge is 0.419 e. The number of alkyl halides is 3. The van der Waals surface area contributed by atoms with Crippen LogP contribution >= 0.6 is 0 Å². The lowest BCUT2D eigenvalue weighted by molar-refractivity contribution is -0.138. The third-order valence-corrected chi connectivity index (χ3v) is 5.03. The summed E-state index contributed by atoms with van der Waals surface area (Å²) in [6.45, 7) is 7.90. The van der Waals surface area contributed by atoms with Crippen LogP contribution in [0.25, 0.3) is 0 Å². The Bertz CT molecular complexity index is 771. The van der Waals surface area contributed by atoms with Crippen LogP contribution in [-0.4, -0.2) is 76.6 Å². The summed E-state index contributed by atoms with van der Waals surface area (Å²) in [6.07, 6.45) is -2.77. The molecule has 0 radical (unpaired) electrons. The summed E-state index contributed by atoms with van der Waals surface area (Å²) in [6, 6.07) is 0. The highest BCUT2D eigenvalue weighted by atomic mass is 19.4. The minimum absolute atomic E-state index is 0.0194. The number of rotatable bonds is 2. The third-order valence-electron chi connectivity index (χ3n) is 5.03. The van der Waals surface area contributed by atoms with Crippen molar-refractivity contribution in [2.45, 2.75) is 39.0 Å². The number of amides is 2. The lowest BCUT2D eigenvalue weighted by atomic mass is 10.1. The molecule has 2 fully saturated rings. The average molecular weight is 429 g/mol. The minimum Gasteiger partial charge on any atom is -0.444 e. The van der Waals surface area contributed by atoms with Gasteiger partial charge in [-0.1, -0.05) is 0 Å². The summed E-state index contributed by atoms with van der Waals surface area (Å²) in [5.74, 6) is -0.0764. The topological polar surface area (TPSA) is 78.9 Å². The Morgan fingerprint density at radius 2 is 1.60 bits per heavy atom. The molecular formula is C19H26F3N5O3. The molecule has 0 saturated carbocycles. The van der Waals surface area contributed by atoms with E-state index in [1.54, 1.807) is 35.5 Å². The highest BCUT2D eigenvalue weighted by Gasteiger charge is 2.36. The summed E-state index contributed by atoms with van der Waals surface area (Å²) in [5, 5.41) is 0. The number of halogens is 3. The van der Waals surface area contributed by atoms with Crippen LogP contribution in [0, 0.1) is 5.92 Å². The SMILES string of the molecule is CC(C)(C)OC(=O)N1CCC(C(=O)N2CCN(c3ncc(C(F)(F)F)cn3)CC2)C1. The van der Waals surface area contributed by atoms with E-state index in [0.717, 1.165) is 12.4 Å². The van der Waals surface area contributed by atoms with Gasteiger partial charge in [-0.25, -0.2) is 14.8 Å². The molecule has 1 aromatic heterocycles. The lowest BCUT2D eigenvalue weighted by Gasteiger charge is -2.36. The second-order valence-corrected chi connectivity index (χ2v) is 8.49. The van der Waals surface area contributed by atoms with E-state index in [4.69, 9.17) is 4.74 Å². The zero-order chi connectivity index (χ0) is 22.1. The Labute approximate surface area is 173 Å². The molecule has 2 saturated heterocycles. The highest BCUT2D eigenvalue weighted by molar-refractivity contribution is 5.81. The molecule has 0 spiro atoms. The van der Waals surface area contributed by atoms with Gasteiger partial charge in [0.2, 0.25) is 11.9 Å². The largest absolute Gasteiger partial charge is 0.444 e. The Hall–Kier alpha value is -2.59. The number of hydrogen-bond donors (Lipinski definition) is 0. The van der Waals surface area contributed by atoms with E-state index in [0.29, 0.717) is 45.7 Å². The van der Waals surface area contributed by atoms with Gasteiger partial charge < -0.3 is 19.4 Å². The summed E-state index contributed by atoms with van der Waals surface area (Å²) >= 11 is 0. The van der Waals surface area contributed by atoms with Gasteiger partial charge in [-0.2, -0.15) is 13.2 Å². The molecule has 0 N–H and O–H groups in total. The average Bonchev–Trinajstić information content (AvgIpc) is 3.16. The van der Waals surface area contributed by atoms with Gasteiger partial charge in [-0.05, 0) is 27.2 Å². The second kappa shape index (κ2) is 8.27.